The Morgan fingerprint density at radius 2 is 2.04 bits per heavy atom. The summed E-state index contributed by atoms with van der Waals surface area (Å²) < 4.78 is 5.23. The number of carbonyl (C=O) groups excluding carboxylic acids is 1. The number of β-amino-alcohol motifs (C(OH)–C–C–N with tert-alkyl or cyclic N) is 1. The Labute approximate surface area is 150 Å². The van der Waals surface area contributed by atoms with Gasteiger partial charge in [0.25, 0.3) is 0 Å². The van der Waals surface area contributed by atoms with Crippen LogP contribution < -0.4 is 0 Å². The number of aromatic nitrogens is 3. The summed E-state index contributed by atoms with van der Waals surface area (Å²) in [4.78, 5) is 22.5. The third-order valence-corrected chi connectivity index (χ3v) is 4.48. The van der Waals surface area contributed by atoms with Gasteiger partial charge in [-0.15, -0.1) is 0 Å². The first-order valence-corrected chi connectivity index (χ1v) is 8.47. The van der Waals surface area contributed by atoms with Crippen LogP contribution in [0.25, 0.3) is 11.4 Å². The second-order valence-electron chi connectivity index (χ2n) is 6.24. The minimum atomic E-state index is -0.648. The number of aliphatic hydroxyl groups is 1. The van der Waals surface area contributed by atoms with Gasteiger partial charge in [0.2, 0.25) is 17.6 Å². The molecule has 0 fully saturated rings. The molecule has 1 aliphatic heterocycles. The lowest BCUT2D eigenvalue weighted by Crippen LogP contribution is -2.38. The summed E-state index contributed by atoms with van der Waals surface area (Å²) in [6.07, 6.45) is 3.30. The molecule has 1 atom stereocenters. The number of fused-ring (bicyclic) bond motifs is 1. The van der Waals surface area contributed by atoms with Crippen LogP contribution in [0.2, 0.25) is 0 Å². The van der Waals surface area contributed by atoms with E-state index >= 15 is 0 Å². The second-order valence-corrected chi connectivity index (χ2v) is 6.24. The molecule has 0 saturated carbocycles. The monoisotopic (exact) mass is 350 g/mol. The van der Waals surface area contributed by atoms with E-state index in [2.05, 4.69) is 15.1 Å². The molecule has 0 spiro atoms. The number of amides is 1. The van der Waals surface area contributed by atoms with Crippen LogP contribution in [0, 0.1) is 0 Å². The van der Waals surface area contributed by atoms with Gasteiger partial charge in [-0.3, -0.25) is 9.78 Å². The molecule has 3 aromatic rings. The van der Waals surface area contributed by atoms with Gasteiger partial charge in [-0.05, 0) is 23.3 Å². The van der Waals surface area contributed by atoms with E-state index in [9.17, 15) is 9.90 Å². The molecule has 3 heterocycles. The number of rotatable bonds is 4. The number of aryl methyl sites for hydroxylation is 1. The number of nitrogens with zero attached hydrogens (tertiary/aromatic N) is 4. The quantitative estimate of drug-likeness (QED) is 0.775. The van der Waals surface area contributed by atoms with Gasteiger partial charge in [0.1, 0.15) is 0 Å². The predicted octanol–water partition coefficient (Wildman–Crippen LogP) is 2.14. The maximum atomic E-state index is 12.5. The van der Waals surface area contributed by atoms with Crippen molar-refractivity contribution in [2.75, 3.05) is 6.54 Å². The van der Waals surface area contributed by atoms with E-state index in [0.29, 0.717) is 31.2 Å². The summed E-state index contributed by atoms with van der Waals surface area (Å²) in [6.45, 7) is 0.820. The number of benzene rings is 1. The number of carbonyl (C=O) groups is 1. The fraction of sp³-hybridized carbons (Fsp3) is 0.263. The zero-order valence-electron chi connectivity index (χ0n) is 14.1. The van der Waals surface area contributed by atoms with Gasteiger partial charge in [-0.25, -0.2) is 0 Å². The summed E-state index contributed by atoms with van der Waals surface area (Å²) in [7, 11) is 0. The highest BCUT2D eigenvalue weighted by molar-refractivity contribution is 5.76. The molecular formula is C19H18N4O3. The highest BCUT2D eigenvalue weighted by atomic mass is 16.5. The molecule has 0 aliphatic carbocycles. The van der Waals surface area contributed by atoms with Crippen LogP contribution in [0.3, 0.4) is 0 Å². The fourth-order valence-corrected chi connectivity index (χ4v) is 3.12. The van der Waals surface area contributed by atoms with Crippen molar-refractivity contribution in [3.05, 3.63) is 65.8 Å². The van der Waals surface area contributed by atoms with Gasteiger partial charge in [-0.1, -0.05) is 29.4 Å². The molecule has 0 radical (unpaired) electrons. The highest BCUT2D eigenvalue weighted by Gasteiger charge is 2.26. The average Bonchev–Trinajstić information content (AvgIpc) is 3.16. The van der Waals surface area contributed by atoms with Crippen LogP contribution in [0.5, 0.6) is 0 Å². The van der Waals surface area contributed by atoms with E-state index in [0.717, 1.165) is 16.7 Å². The number of pyridine rings is 1. The van der Waals surface area contributed by atoms with E-state index in [1.54, 1.807) is 29.4 Å². The molecule has 7 heteroatoms. The van der Waals surface area contributed by atoms with Gasteiger partial charge in [0.15, 0.2) is 0 Å². The summed E-state index contributed by atoms with van der Waals surface area (Å²) in [5, 5.41) is 14.2. The molecule has 132 valence electrons. The number of aliphatic hydroxyl groups excluding tert-OH is 1. The van der Waals surface area contributed by atoms with Crippen molar-refractivity contribution < 1.29 is 14.4 Å². The summed E-state index contributed by atoms with van der Waals surface area (Å²) in [5.74, 6) is 0.863. The Balaban J connectivity index is 1.38. The van der Waals surface area contributed by atoms with Crippen molar-refractivity contribution in [1.29, 1.82) is 0 Å². The smallest absolute Gasteiger partial charge is 0.227 e. The Kier molecular flexibility index (Phi) is 4.45. The SMILES string of the molecule is O=C(CCc1nc(-c2ccncc2)no1)N1Cc2ccccc2[C@@H](O)C1. The first-order valence-electron chi connectivity index (χ1n) is 8.47. The molecule has 26 heavy (non-hydrogen) atoms. The molecule has 1 aromatic carbocycles. The van der Waals surface area contributed by atoms with E-state index in [4.69, 9.17) is 4.52 Å². The normalized spacial score (nSPS) is 16.3. The first kappa shape index (κ1) is 16.4. The number of hydrogen-bond acceptors (Lipinski definition) is 6. The minimum absolute atomic E-state index is 0.0396. The molecule has 1 N–H and O–H groups in total. The topological polar surface area (TPSA) is 92.3 Å². The molecule has 4 rings (SSSR count). The predicted molar refractivity (Wildman–Crippen MR) is 92.7 cm³/mol. The van der Waals surface area contributed by atoms with Crippen molar-refractivity contribution in [3.8, 4) is 11.4 Å². The Bertz CT molecular complexity index is 910. The van der Waals surface area contributed by atoms with Crippen molar-refractivity contribution >= 4 is 5.91 Å². The Hall–Kier alpha value is -3.06. The lowest BCUT2D eigenvalue weighted by Gasteiger charge is -2.32. The Morgan fingerprint density at radius 3 is 2.88 bits per heavy atom. The van der Waals surface area contributed by atoms with Gasteiger partial charge in [0, 0.05) is 37.3 Å². The largest absolute Gasteiger partial charge is 0.387 e. The maximum absolute atomic E-state index is 12.5. The fourth-order valence-electron chi connectivity index (χ4n) is 3.12. The van der Waals surface area contributed by atoms with E-state index in [1.807, 2.05) is 24.3 Å². The summed E-state index contributed by atoms with van der Waals surface area (Å²) in [5.41, 5.74) is 2.70. The first-order chi connectivity index (χ1) is 12.7. The Morgan fingerprint density at radius 1 is 1.23 bits per heavy atom. The van der Waals surface area contributed by atoms with E-state index in [-0.39, 0.29) is 12.3 Å². The average molecular weight is 350 g/mol. The maximum Gasteiger partial charge on any atom is 0.227 e. The molecule has 0 saturated heterocycles. The second kappa shape index (κ2) is 7.05. The molecule has 7 nitrogen and oxygen atoms in total. The van der Waals surface area contributed by atoms with Crippen LogP contribution in [0.15, 0.2) is 53.3 Å². The van der Waals surface area contributed by atoms with Crippen molar-refractivity contribution in [2.24, 2.45) is 0 Å². The van der Waals surface area contributed by atoms with Gasteiger partial charge in [0.05, 0.1) is 12.6 Å². The highest BCUT2D eigenvalue weighted by Crippen LogP contribution is 2.26. The molecule has 0 unspecified atom stereocenters. The van der Waals surface area contributed by atoms with E-state index in [1.165, 1.54) is 0 Å². The number of hydrogen-bond donors (Lipinski definition) is 1. The van der Waals surface area contributed by atoms with Gasteiger partial charge >= 0.3 is 0 Å². The zero-order chi connectivity index (χ0) is 17.9. The van der Waals surface area contributed by atoms with Crippen molar-refractivity contribution in [3.63, 3.8) is 0 Å². The molecule has 1 amide bonds. The summed E-state index contributed by atoms with van der Waals surface area (Å²) in [6, 6.07) is 11.3. The molecule has 1 aliphatic rings. The van der Waals surface area contributed by atoms with E-state index < -0.39 is 6.10 Å². The zero-order valence-corrected chi connectivity index (χ0v) is 14.1. The van der Waals surface area contributed by atoms with Crippen molar-refractivity contribution in [1.82, 2.24) is 20.0 Å². The van der Waals surface area contributed by atoms with Crippen LogP contribution in [0.1, 0.15) is 29.5 Å². The lowest BCUT2D eigenvalue weighted by molar-refractivity contribution is -0.134. The standard InChI is InChI=1S/C19H18N4O3/c24-16-12-23(11-14-3-1-2-4-15(14)16)18(25)6-5-17-21-19(22-26-17)13-7-9-20-10-8-13/h1-4,7-10,16,24H,5-6,11-12H2/t16-/m0/s1. The van der Waals surface area contributed by atoms with Gasteiger partial charge in [-0.2, -0.15) is 4.98 Å². The molecule has 2 aromatic heterocycles. The van der Waals surface area contributed by atoms with Crippen LogP contribution in [0.4, 0.5) is 0 Å². The molecule has 0 bridgehead atoms. The third-order valence-electron chi connectivity index (χ3n) is 4.48. The van der Waals surface area contributed by atoms with Gasteiger partial charge < -0.3 is 14.5 Å². The van der Waals surface area contributed by atoms with Crippen molar-refractivity contribution in [2.45, 2.75) is 25.5 Å². The third kappa shape index (κ3) is 3.34. The lowest BCUT2D eigenvalue weighted by atomic mass is 9.97. The van der Waals surface area contributed by atoms with Crippen LogP contribution >= 0.6 is 0 Å². The summed E-state index contributed by atoms with van der Waals surface area (Å²) >= 11 is 0. The minimum Gasteiger partial charge on any atom is -0.387 e. The van der Waals surface area contributed by atoms with Crippen LogP contribution in [-0.4, -0.2) is 37.6 Å². The van der Waals surface area contributed by atoms with Crippen LogP contribution in [-0.2, 0) is 17.8 Å². The molecular weight excluding hydrogens is 332 g/mol.